The number of rotatable bonds is 3. The van der Waals surface area contributed by atoms with Gasteiger partial charge in [-0.3, -0.25) is 0 Å². The molecule has 2 aromatic rings. The molecule has 0 unspecified atom stereocenters. The van der Waals surface area contributed by atoms with Crippen molar-refractivity contribution >= 4 is 16.9 Å². The van der Waals surface area contributed by atoms with E-state index in [0.717, 1.165) is 55.6 Å². The Balaban J connectivity index is 1.57. The molecular formula is C17H19N5O. The zero-order valence-electron chi connectivity index (χ0n) is 13.0. The molecule has 3 fully saturated rings. The number of anilines is 1. The summed E-state index contributed by atoms with van der Waals surface area (Å²) in [5, 5.41) is 5.57. The molecule has 118 valence electrons. The minimum Gasteiger partial charge on any atom is -0.381 e. The molecule has 2 atom stereocenters. The van der Waals surface area contributed by atoms with E-state index in [4.69, 9.17) is 11.2 Å². The van der Waals surface area contributed by atoms with Crippen LogP contribution in [0, 0.1) is 30.1 Å². The molecule has 1 aliphatic carbocycles. The van der Waals surface area contributed by atoms with Gasteiger partial charge in [-0.05, 0) is 24.7 Å². The SMILES string of the molecule is C#Cc1nc(N2C[C@H]3COC[C@H]3C2)c2cnn(CC3CC3)c2n1. The van der Waals surface area contributed by atoms with Gasteiger partial charge in [0, 0.05) is 31.5 Å². The van der Waals surface area contributed by atoms with Crippen molar-refractivity contribution in [3.63, 3.8) is 0 Å². The maximum Gasteiger partial charge on any atom is 0.208 e. The van der Waals surface area contributed by atoms with Crippen molar-refractivity contribution in [3.05, 3.63) is 12.0 Å². The summed E-state index contributed by atoms with van der Waals surface area (Å²) < 4.78 is 7.57. The molecule has 0 aromatic carbocycles. The van der Waals surface area contributed by atoms with Crippen LogP contribution in [-0.2, 0) is 11.3 Å². The monoisotopic (exact) mass is 309 g/mol. The second-order valence-corrected chi connectivity index (χ2v) is 6.99. The lowest BCUT2D eigenvalue weighted by molar-refractivity contribution is 0.177. The molecule has 6 nitrogen and oxygen atoms in total. The van der Waals surface area contributed by atoms with Crippen LogP contribution < -0.4 is 4.90 Å². The molecule has 5 rings (SSSR count). The number of aromatic nitrogens is 4. The first-order valence-electron chi connectivity index (χ1n) is 8.34. The quantitative estimate of drug-likeness (QED) is 0.800. The Morgan fingerprint density at radius 2 is 2.00 bits per heavy atom. The van der Waals surface area contributed by atoms with Crippen molar-refractivity contribution in [2.75, 3.05) is 31.2 Å². The van der Waals surface area contributed by atoms with Gasteiger partial charge in [-0.1, -0.05) is 0 Å². The summed E-state index contributed by atoms with van der Waals surface area (Å²) in [4.78, 5) is 11.5. The Labute approximate surface area is 134 Å². The summed E-state index contributed by atoms with van der Waals surface area (Å²) in [7, 11) is 0. The van der Waals surface area contributed by atoms with Crippen LogP contribution in [0.15, 0.2) is 6.20 Å². The van der Waals surface area contributed by atoms with Crippen molar-refractivity contribution in [3.8, 4) is 12.3 Å². The van der Waals surface area contributed by atoms with Crippen molar-refractivity contribution in [2.24, 2.45) is 17.8 Å². The van der Waals surface area contributed by atoms with Crippen molar-refractivity contribution < 1.29 is 4.74 Å². The molecular weight excluding hydrogens is 290 g/mol. The summed E-state index contributed by atoms with van der Waals surface area (Å²) in [6.07, 6.45) is 10.1. The van der Waals surface area contributed by atoms with Gasteiger partial charge in [-0.15, -0.1) is 6.42 Å². The molecule has 23 heavy (non-hydrogen) atoms. The molecule has 0 N–H and O–H groups in total. The van der Waals surface area contributed by atoms with Crippen LogP contribution in [0.2, 0.25) is 0 Å². The molecule has 1 saturated carbocycles. The van der Waals surface area contributed by atoms with Crippen molar-refractivity contribution in [1.29, 1.82) is 0 Å². The minimum atomic E-state index is 0.457. The number of terminal acetylenes is 1. The first kappa shape index (κ1) is 13.3. The number of fused-ring (bicyclic) bond motifs is 2. The molecule has 2 aromatic heterocycles. The van der Waals surface area contributed by atoms with E-state index in [0.29, 0.717) is 17.7 Å². The second-order valence-electron chi connectivity index (χ2n) is 6.99. The smallest absolute Gasteiger partial charge is 0.208 e. The van der Waals surface area contributed by atoms with E-state index >= 15 is 0 Å². The molecule has 0 bridgehead atoms. The van der Waals surface area contributed by atoms with Crippen molar-refractivity contribution in [1.82, 2.24) is 19.7 Å². The van der Waals surface area contributed by atoms with E-state index in [-0.39, 0.29) is 0 Å². The van der Waals surface area contributed by atoms with Gasteiger partial charge in [0.2, 0.25) is 5.82 Å². The summed E-state index contributed by atoms with van der Waals surface area (Å²) in [5.74, 6) is 5.96. The summed E-state index contributed by atoms with van der Waals surface area (Å²) in [6.45, 7) is 4.61. The molecule has 0 radical (unpaired) electrons. The third-order valence-corrected chi connectivity index (χ3v) is 5.27. The third-order valence-electron chi connectivity index (χ3n) is 5.27. The number of ether oxygens (including phenoxy) is 1. The van der Waals surface area contributed by atoms with Gasteiger partial charge in [-0.2, -0.15) is 5.10 Å². The van der Waals surface area contributed by atoms with Gasteiger partial charge in [0.15, 0.2) is 5.65 Å². The van der Waals surface area contributed by atoms with Gasteiger partial charge < -0.3 is 9.64 Å². The largest absolute Gasteiger partial charge is 0.381 e. The Kier molecular flexibility index (Phi) is 2.86. The fourth-order valence-electron chi connectivity index (χ4n) is 3.78. The van der Waals surface area contributed by atoms with Crippen LogP contribution in [0.1, 0.15) is 18.7 Å². The number of nitrogens with zero attached hydrogens (tertiary/aromatic N) is 5. The van der Waals surface area contributed by atoms with E-state index in [9.17, 15) is 0 Å². The molecule has 2 aliphatic heterocycles. The maximum atomic E-state index is 5.59. The standard InChI is InChI=1S/C17H19N5O/c1-2-15-19-16(21-7-12-9-23-10-13(12)8-21)14-5-18-22(17(14)20-15)6-11-3-4-11/h1,5,11-13H,3-4,6-10H2/t12-,13+. The zero-order chi connectivity index (χ0) is 15.4. The Bertz CT molecular complexity index is 791. The highest BCUT2D eigenvalue weighted by atomic mass is 16.5. The molecule has 0 spiro atoms. The molecule has 3 aliphatic rings. The van der Waals surface area contributed by atoms with Crippen LogP contribution >= 0.6 is 0 Å². The van der Waals surface area contributed by atoms with Gasteiger partial charge >= 0.3 is 0 Å². The van der Waals surface area contributed by atoms with Gasteiger partial charge in [0.1, 0.15) is 5.82 Å². The van der Waals surface area contributed by atoms with Crippen LogP contribution in [0.5, 0.6) is 0 Å². The van der Waals surface area contributed by atoms with E-state index in [1.807, 2.05) is 10.9 Å². The minimum absolute atomic E-state index is 0.457. The second kappa shape index (κ2) is 4.93. The molecule has 0 amide bonds. The average molecular weight is 309 g/mol. The first-order valence-corrected chi connectivity index (χ1v) is 8.34. The number of hydrogen-bond donors (Lipinski definition) is 0. The van der Waals surface area contributed by atoms with Crippen LogP contribution in [0.3, 0.4) is 0 Å². The Hall–Kier alpha value is -2.13. The Morgan fingerprint density at radius 1 is 1.22 bits per heavy atom. The predicted octanol–water partition coefficient (Wildman–Crippen LogP) is 1.30. The van der Waals surface area contributed by atoms with E-state index in [1.165, 1.54) is 12.8 Å². The Morgan fingerprint density at radius 3 is 2.70 bits per heavy atom. The van der Waals surface area contributed by atoms with Gasteiger partial charge in [0.05, 0.1) is 24.8 Å². The van der Waals surface area contributed by atoms with Gasteiger partial charge in [-0.25, -0.2) is 14.6 Å². The van der Waals surface area contributed by atoms with E-state index < -0.39 is 0 Å². The van der Waals surface area contributed by atoms with Crippen molar-refractivity contribution in [2.45, 2.75) is 19.4 Å². The third kappa shape index (κ3) is 2.19. The van der Waals surface area contributed by atoms with Crippen LogP contribution in [0.25, 0.3) is 11.0 Å². The highest BCUT2D eigenvalue weighted by Crippen LogP contribution is 2.35. The van der Waals surface area contributed by atoms with E-state index in [2.05, 4.69) is 25.9 Å². The summed E-state index contributed by atoms with van der Waals surface area (Å²) in [6, 6.07) is 0. The zero-order valence-corrected chi connectivity index (χ0v) is 13.0. The molecule has 6 heteroatoms. The summed E-state index contributed by atoms with van der Waals surface area (Å²) in [5.41, 5.74) is 0.878. The normalized spacial score (nSPS) is 26.7. The highest BCUT2D eigenvalue weighted by Gasteiger charge is 2.38. The fourth-order valence-corrected chi connectivity index (χ4v) is 3.78. The fraction of sp³-hybridized carbons (Fsp3) is 0.588. The summed E-state index contributed by atoms with van der Waals surface area (Å²) >= 11 is 0. The lowest BCUT2D eigenvalue weighted by Gasteiger charge is -2.19. The molecule has 2 saturated heterocycles. The predicted molar refractivity (Wildman–Crippen MR) is 86.0 cm³/mol. The highest BCUT2D eigenvalue weighted by molar-refractivity contribution is 5.87. The maximum absolute atomic E-state index is 5.59. The van der Waals surface area contributed by atoms with Crippen LogP contribution in [0.4, 0.5) is 5.82 Å². The van der Waals surface area contributed by atoms with E-state index in [1.54, 1.807) is 0 Å². The van der Waals surface area contributed by atoms with Crippen LogP contribution in [-0.4, -0.2) is 46.1 Å². The lowest BCUT2D eigenvalue weighted by atomic mass is 10.0. The molecule has 4 heterocycles. The average Bonchev–Trinajstić information content (AvgIpc) is 2.95. The number of hydrogen-bond acceptors (Lipinski definition) is 5. The van der Waals surface area contributed by atoms with Gasteiger partial charge in [0.25, 0.3) is 0 Å². The first-order chi connectivity index (χ1) is 11.3. The topological polar surface area (TPSA) is 56.1 Å². The lowest BCUT2D eigenvalue weighted by Crippen LogP contribution is -2.24.